The second kappa shape index (κ2) is 6.31. The fourth-order valence-corrected chi connectivity index (χ4v) is 2.42. The van der Waals surface area contributed by atoms with Crippen molar-refractivity contribution in [2.75, 3.05) is 6.54 Å². The van der Waals surface area contributed by atoms with Gasteiger partial charge in [-0.05, 0) is 34.1 Å². The molecule has 0 saturated carbocycles. The molecule has 1 aromatic heterocycles. The molecule has 0 bridgehead atoms. The molecule has 3 nitrogen and oxygen atoms in total. The van der Waals surface area contributed by atoms with Gasteiger partial charge in [-0.3, -0.25) is 4.79 Å². The van der Waals surface area contributed by atoms with Gasteiger partial charge in [0.1, 0.15) is 0 Å². The van der Waals surface area contributed by atoms with Crippen molar-refractivity contribution in [3.8, 4) is 0 Å². The maximum absolute atomic E-state index is 11.8. The van der Waals surface area contributed by atoms with E-state index in [-0.39, 0.29) is 5.91 Å². The van der Waals surface area contributed by atoms with Gasteiger partial charge in [0.25, 0.3) is 5.91 Å². The van der Waals surface area contributed by atoms with Gasteiger partial charge in [-0.25, -0.2) is 4.98 Å². The molecule has 0 saturated heterocycles. The molecule has 2 aromatic rings. The first-order valence-corrected chi connectivity index (χ1v) is 7.38. The molecule has 0 aliphatic rings. The topological polar surface area (TPSA) is 42.0 Å². The lowest BCUT2D eigenvalue weighted by Gasteiger charge is -2.05. The Hall–Kier alpha value is -0.910. The van der Waals surface area contributed by atoms with Crippen LogP contribution in [0.5, 0.6) is 0 Å². The van der Waals surface area contributed by atoms with Gasteiger partial charge in [-0.15, -0.1) is 11.3 Å². The third-order valence-electron chi connectivity index (χ3n) is 2.33. The van der Waals surface area contributed by atoms with Crippen molar-refractivity contribution in [2.24, 2.45) is 0 Å². The third kappa shape index (κ3) is 3.54. The van der Waals surface area contributed by atoms with Crippen LogP contribution in [0.4, 0.5) is 0 Å². The molecule has 0 aliphatic heterocycles. The Morgan fingerprint density at radius 1 is 1.50 bits per heavy atom. The summed E-state index contributed by atoms with van der Waals surface area (Å²) in [6, 6.07) is 5.13. The van der Waals surface area contributed by atoms with Crippen molar-refractivity contribution in [1.82, 2.24) is 10.3 Å². The fourth-order valence-electron chi connectivity index (χ4n) is 1.40. The lowest BCUT2D eigenvalue weighted by molar-refractivity contribution is 0.0954. The van der Waals surface area contributed by atoms with Crippen molar-refractivity contribution >= 4 is 44.8 Å². The summed E-state index contributed by atoms with van der Waals surface area (Å²) < 4.78 is 0.781. The van der Waals surface area contributed by atoms with Crippen LogP contribution >= 0.6 is 38.9 Å². The molecule has 1 heterocycles. The van der Waals surface area contributed by atoms with Gasteiger partial charge in [0.2, 0.25) is 0 Å². The van der Waals surface area contributed by atoms with Gasteiger partial charge in [0.15, 0.2) is 0 Å². The number of nitrogens with one attached hydrogen (secondary N) is 1. The number of benzene rings is 1. The first-order chi connectivity index (χ1) is 8.66. The van der Waals surface area contributed by atoms with Gasteiger partial charge in [-0.2, -0.15) is 0 Å². The van der Waals surface area contributed by atoms with E-state index in [0.29, 0.717) is 17.1 Å². The van der Waals surface area contributed by atoms with Crippen LogP contribution in [0.3, 0.4) is 0 Å². The van der Waals surface area contributed by atoms with Crippen molar-refractivity contribution < 1.29 is 4.79 Å². The number of halogens is 2. The largest absolute Gasteiger partial charge is 0.352 e. The smallest absolute Gasteiger partial charge is 0.251 e. The van der Waals surface area contributed by atoms with Crippen molar-refractivity contribution in [3.05, 3.63) is 49.8 Å². The van der Waals surface area contributed by atoms with E-state index in [1.165, 1.54) is 0 Å². The highest BCUT2D eigenvalue weighted by atomic mass is 79.9. The molecule has 1 N–H and O–H groups in total. The minimum atomic E-state index is -0.125. The van der Waals surface area contributed by atoms with Gasteiger partial charge in [0.05, 0.1) is 16.2 Å². The number of hydrogen-bond acceptors (Lipinski definition) is 3. The van der Waals surface area contributed by atoms with Crippen LogP contribution < -0.4 is 5.32 Å². The number of rotatable bonds is 4. The van der Waals surface area contributed by atoms with Crippen LogP contribution in [0.2, 0.25) is 5.02 Å². The number of carbonyl (C=O) groups excluding carboxylic acids is 1. The first-order valence-electron chi connectivity index (χ1n) is 5.27. The Morgan fingerprint density at radius 3 is 3.00 bits per heavy atom. The highest BCUT2D eigenvalue weighted by Gasteiger charge is 2.07. The van der Waals surface area contributed by atoms with E-state index in [1.54, 1.807) is 35.0 Å². The molecular formula is C12H10BrClN2OS. The molecule has 1 amide bonds. The molecule has 18 heavy (non-hydrogen) atoms. The quantitative estimate of drug-likeness (QED) is 0.921. The van der Waals surface area contributed by atoms with Gasteiger partial charge < -0.3 is 5.32 Å². The maximum Gasteiger partial charge on any atom is 0.251 e. The SMILES string of the molecule is O=C(NCCc1cscn1)c1ccc(Br)c(Cl)c1. The van der Waals surface area contributed by atoms with Gasteiger partial charge >= 0.3 is 0 Å². The zero-order valence-electron chi connectivity index (χ0n) is 9.32. The molecule has 0 fully saturated rings. The number of nitrogens with zero attached hydrogens (tertiary/aromatic N) is 1. The lowest BCUT2D eigenvalue weighted by Crippen LogP contribution is -2.25. The number of carbonyl (C=O) groups is 1. The first kappa shape index (κ1) is 13.5. The summed E-state index contributed by atoms with van der Waals surface area (Å²) in [7, 11) is 0. The van der Waals surface area contributed by atoms with E-state index >= 15 is 0 Å². The summed E-state index contributed by atoms with van der Waals surface area (Å²) in [6.45, 7) is 0.566. The molecule has 0 aliphatic carbocycles. The van der Waals surface area contributed by atoms with E-state index in [4.69, 9.17) is 11.6 Å². The van der Waals surface area contributed by atoms with Crippen molar-refractivity contribution in [3.63, 3.8) is 0 Å². The van der Waals surface area contributed by atoms with Crippen LogP contribution in [0.15, 0.2) is 33.6 Å². The Morgan fingerprint density at radius 2 is 2.33 bits per heavy atom. The number of thiazole rings is 1. The molecule has 1 aromatic carbocycles. The van der Waals surface area contributed by atoms with Crippen LogP contribution in [-0.4, -0.2) is 17.4 Å². The number of aromatic nitrogens is 1. The summed E-state index contributed by atoms with van der Waals surface area (Å²) in [5, 5.41) is 5.34. The molecular weight excluding hydrogens is 336 g/mol. The molecule has 94 valence electrons. The zero-order valence-corrected chi connectivity index (χ0v) is 12.5. The molecule has 2 rings (SSSR count). The summed E-state index contributed by atoms with van der Waals surface area (Å²) in [5.74, 6) is -0.125. The van der Waals surface area contributed by atoms with Crippen molar-refractivity contribution in [1.29, 1.82) is 0 Å². The van der Waals surface area contributed by atoms with Crippen LogP contribution in [0.1, 0.15) is 16.1 Å². The normalized spacial score (nSPS) is 10.3. The van der Waals surface area contributed by atoms with Crippen LogP contribution in [0, 0.1) is 0 Å². The Bertz CT molecular complexity index is 545. The summed E-state index contributed by atoms with van der Waals surface area (Å²) >= 11 is 10.8. The molecule has 0 radical (unpaired) electrons. The number of hydrogen-bond donors (Lipinski definition) is 1. The second-order valence-electron chi connectivity index (χ2n) is 3.61. The summed E-state index contributed by atoms with van der Waals surface area (Å²) in [5.41, 5.74) is 3.33. The Balaban J connectivity index is 1.89. The van der Waals surface area contributed by atoms with Crippen LogP contribution in [0.25, 0.3) is 0 Å². The summed E-state index contributed by atoms with van der Waals surface area (Å²) in [6.07, 6.45) is 0.736. The van der Waals surface area contributed by atoms with Gasteiger partial charge in [0, 0.05) is 28.4 Å². The Labute approximate surface area is 122 Å². The van der Waals surface area contributed by atoms with Gasteiger partial charge in [-0.1, -0.05) is 11.6 Å². The average Bonchev–Trinajstić information content (AvgIpc) is 2.85. The maximum atomic E-state index is 11.8. The van der Waals surface area contributed by atoms with Crippen LogP contribution in [-0.2, 0) is 6.42 Å². The molecule has 6 heteroatoms. The predicted octanol–water partition coefficient (Wildman–Crippen LogP) is 3.53. The highest BCUT2D eigenvalue weighted by Crippen LogP contribution is 2.23. The molecule has 0 unspecified atom stereocenters. The standard InChI is InChI=1S/C12H10BrClN2OS/c13-10-2-1-8(5-11(10)14)12(17)15-4-3-9-6-18-7-16-9/h1-2,5-7H,3-4H2,(H,15,17). The van der Waals surface area contributed by atoms with E-state index < -0.39 is 0 Å². The Kier molecular flexibility index (Phi) is 4.74. The number of amides is 1. The minimum absolute atomic E-state index is 0.125. The fraction of sp³-hybridized carbons (Fsp3) is 0.167. The predicted molar refractivity (Wildman–Crippen MR) is 77.3 cm³/mol. The average molecular weight is 346 g/mol. The summed E-state index contributed by atoms with van der Waals surface area (Å²) in [4.78, 5) is 16.0. The van der Waals surface area contributed by atoms with E-state index in [2.05, 4.69) is 26.2 Å². The lowest BCUT2D eigenvalue weighted by atomic mass is 10.2. The monoisotopic (exact) mass is 344 g/mol. The minimum Gasteiger partial charge on any atom is -0.352 e. The van der Waals surface area contributed by atoms with E-state index in [1.807, 2.05) is 5.38 Å². The molecule has 0 atom stereocenters. The second-order valence-corrected chi connectivity index (χ2v) is 5.59. The van der Waals surface area contributed by atoms with E-state index in [9.17, 15) is 4.79 Å². The third-order valence-corrected chi connectivity index (χ3v) is 4.20. The van der Waals surface area contributed by atoms with Crippen molar-refractivity contribution in [2.45, 2.75) is 6.42 Å². The zero-order chi connectivity index (χ0) is 13.0. The molecule has 0 spiro atoms. The highest BCUT2D eigenvalue weighted by molar-refractivity contribution is 9.10. The van der Waals surface area contributed by atoms with E-state index in [0.717, 1.165) is 16.6 Å².